The van der Waals surface area contributed by atoms with Crippen molar-refractivity contribution in [2.24, 2.45) is 0 Å². The van der Waals surface area contributed by atoms with Crippen molar-refractivity contribution in [2.45, 2.75) is 18.2 Å². The number of aromatic nitrogens is 1. The molecule has 5 heteroatoms. The number of fused-ring (bicyclic) bond motifs is 1. The highest BCUT2D eigenvalue weighted by atomic mass is 79.9. The average Bonchev–Trinajstić information content (AvgIpc) is 2.69. The van der Waals surface area contributed by atoms with Gasteiger partial charge in [-0.2, -0.15) is 0 Å². The average molecular weight is 299 g/mol. The molecular formula is C11H11BrN2OS. The van der Waals surface area contributed by atoms with Crippen LogP contribution in [0, 0.1) is 0 Å². The summed E-state index contributed by atoms with van der Waals surface area (Å²) in [6, 6.07) is 7.83. The third-order valence-corrected chi connectivity index (χ3v) is 4.18. The van der Waals surface area contributed by atoms with E-state index in [1.165, 1.54) is 11.3 Å². The highest BCUT2D eigenvalue weighted by Crippen LogP contribution is 2.25. The standard InChI is InChI=1S/C11H11BrN2OS/c1-2-7(12)10(15)14-11-13-8-5-3-4-6-9(8)16-11/h3-7H,2H2,1H3,(H,13,14,15)/t7-/m1/s1. The predicted molar refractivity (Wildman–Crippen MR) is 71.3 cm³/mol. The normalized spacial score (nSPS) is 12.6. The maximum absolute atomic E-state index is 11.6. The van der Waals surface area contributed by atoms with Crippen molar-refractivity contribution in [1.29, 1.82) is 0 Å². The lowest BCUT2D eigenvalue weighted by atomic mass is 10.3. The topological polar surface area (TPSA) is 42.0 Å². The molecular weight excluding hydrogens is 288 g/mol. The van der Waals surface area contributed by atoms with Gasteiger partial charge in [0.25, 0.3) is 0 Å². The van der Waals surface area contributed by atoms with Gasteiger partial charge in [0, 0.05) is 0 Å². The van der Waals surface area contributed by atoms with Crippen LogP contribution in [0.5, 0.6) is 0 Å². The van der Waals surface area contributed by atoms with Crippen LogP contribution < -0.4 is 5.32 Å². The van der Waals surface area contributed by atoms with Crippen LogP contribution in [0.25, 0.3) is 10.2 Å². The first kappa shape index (κ1) is 11.5. The van der Waals surface area contributed by atoms with Crippen molar-refractivity contribution >= 4 is 48.5 Å². The molecule has 0 aliphatic heterocycles. The molecule has 0 radical (unpaired) electrons. The maximum Gasteiger partial charge on any atom is 0.239 e. The molecule has 1 aromatic heterocycles. The summed E-state index contributed by atoms with van der Waals surface area (Å²) in [6.45, 7) is 1.96. The van der Waals surface area contributed by atoms with E-state index in [0.29, 0.717) is 5.13 Å². The number of nitrogens with one attached hydrogen (secondary N) is 1. The molecule has 16 heavy (non-hydrogen) atoms. The van der Waals surface area contributed by atoms with Crippen LogP contribution >= 0.6 is 27.3 Å². The van der Waals surface area contributed by atoms with Gasteiger partial charge in [0.05, 0.1) is 15.0 Å². The summed E-state index contributed by atoms with van der Waals surface area (Å²) >= 11 is 4.80. The molecule has 0 fully saturated rings. The van der Waals surface area contributed by atoms with Crippen LogP contribution in [0.4, 0.5) is 5.13 Å². The van der Waals surface area contributed by atoms with E-state index >= 15 is 0 Å². The van der Waals surface area contributed by atoms with Crippen LogP contribution in [0.2, 0.25) is 0 Å². The molecule has 2 rings (SSSR count). The highest BCUT2D eigenvalue weighted by Gasteiger charge is 2.14. The first-order chi connectivity index (χ1) is 7.70. The lowest BCUT2D eigenvalue weighted by Gasteiger charge is -2.04. The van der Waals surface area contributed by atoms with Gasteiger partial charge in [-0.3, -0.25) is 4.79 Å². The molecule has 1 atom stereocenters. The van der Waals surface area contributed by atoms with Gasteiger partial charge in [-0.15, -0.1) is 0 Å². The van der Waals surface area contributed by atoms with Gasteiger partial charge < -0.3 is 5.32 Å². The van der Waals surface area contributed by atoms with E-state index in [1.54, 1.807) is 0 Å². The number of thiazole rings is 1. The van der Waals surface area contributed by atoms with Gasteiger partial charge in [0.2, 0.25) is 5.91 Å². The largest absolute Gasteiger partial charge is 0.301 e. The minimum Gasteiger partial charge on any atom is -0.301 e. The Balaban J connectivity index is 2.18. The lowest BCUT2D eigenvalue weighted by Crippen LogP contribution is -2.21. The maximum atomic E-state index is 11.6. The third-order valence-electron chi connectivity index (χ3n) is 2.17. The number of carbonyl (C=O) groups excluding carboxylic acids is 1. The number of alkyl halides is 1. The Bertz CT molecular complexity index is 478. The van der Waals surface area contributed by atoms with Crippen LogP contribution in [0.15, 0.2) is 24.3 Å². The molecule has 0 unspecified atom stereocenters. The van der Waals surface area contributed by atoms with Crippen molar-refractivity contribution in [2.75, 3.05) is 5.32 Å². The van der Waals surface area contributed by atoms with Crippen LogP contribution in [0.3, 0.4) is 0 Å². The molecule has 0 saturated carbocycles. The number of carbonyl (C=O) groups is 1. The van der Waals surface area contributed by atoms with E-state index in [-0.39, 0.29) is 10.7 Å². The quantitative estimate of drug-likeness (QED) is 0.883. The molecule has 2 aromatic rings. The van der Waals surface area contributed by atoms with Gasteiger partial charge in [-0.25, -0.2) is 4.98 Å². The minimum absolute atomic E-state index is 0.0402. The molecule has 0 aliphatic carbocycles. The second-order valence-electron chi connectivity index (χ2n) is 3.35. The van der Waals surface area contributed by atoms with E-state index in [2.05, 4.69) is 26.2 Å². The summed E-state index contributed by atoms with van der Waals surface area (Å²) in [5, 5.41) is 3.46. The van der Waals surface area contributed by atoms with Crippen LogP contribution in [-0.4, -0.2) is 15.7 Å². The van der Waals surface area contributed by atoms with Crippen LogP contribution in [-0.2, 0) is 4.79 Å². The zero-order valence-electron chi connectivity index (χ0n) is 8.74. The van der Waals surface area contributed by atoms with Gasteiger partial charge in [0.1, 0.15) is 0 Å². The molecule has 1 aromatic carbocycles. The molecule has 0 aliphatic rings. The third kappa shape index (κ3) is 2.41. The number of para-hydroxylation sites is 1. The van der Waals surface area contributed by atoms with E-state index < -0.39 is 0 Å². The molecule has 1 amide bonds. The summed E-state index contributed by atoms with van der Waals surface area (Å²) in [5.74, 6) is -0.0402. The molecule has 0 bridgehead atoms. The molecule has 84 valence electrons. The van der Waals surface area contributed by atoms with Crippen molar-refractivity contribution in [3.63, 3.8) is 0 Å². The predicted octanol–water partition coefficient (Wildman–Crippen LogP) is 3.41. The molecule has 3 nitrogen and oxygen atoms in total. The summed E-state index contributed by atoms with van der Waals surface area (Å²) < 4.78 is 1.08. The zero-order valence-corrected chi connectivity index (χ0v) is 11.1. The molecule has 1 N–H and O–H groups in total. The second kappa shape index (κ2) is 4.93. The number of halogens is 1. The van der Waals surface area contributed by atoms with Crippen LogP contribution in [0.1, 0.15) is 13.3 Å². The number of anilines is 1. The number of nitrogens with zero attached hydrogens (tertiary/aromatic N) is 1. The SMILES string of the molecule is CC[C@@H](Br)C(=O)Nc1nc2ccccc2s1. The fraction of sp³-hybridized carbons (Fsp3) is 0.273. The van der Waals surface area contributed by atoms with Crippen molar-refractivity contribution in [3.05, 3.63) is 24.3 Å². The number of benzene rings is 1. The fourth-order valence-corrected chi connectivity index (χ4v) is 2.28. The van der Waals surface area contributed by atoms with Crippen molar-refractivity contribution in [3.8, 4) is 0 Å². The van der Waals surface area contributed by atoms with Gasteiger partial charge in [0.15, 0.2) is 5.13 Å². The Morgan fingerprint density at radius 1 is 1.56 bits per heavy atom. The zero-order chi connectivity index (χ0) is 11.5. The Hall–Kier alpha value is -0.940. The number of rotatable bonds is 3. The van der Waals surface area contributed by atoms with Gasteiger partial charge >= 0.3 is 0 Å². The van der Waals surface area contributed by atoms with Gasteiger partial charge in [-0.05, 0) is 18.6 Å². The lowest BCUT2D eigenvalue weighted by molar-refractivity contribution is -0.115. The summed E-state index contributed by atoms with van der Waals surface area (Å²) in [7, 11) is 0. The second-order valence-corrected chi connectivity index (χ2v) is 5.49. The Kier molecular flexibility index (Phi) is 3.56. The Morgan fingerprint density at radius 3 is 3.00 bits per heavy atom. The van der Waals surface area contributed by atoms with E-state index in [1.807, 2.05) is 31.2 Å². The Labute approximate surface area is 106 Å². The van der Waals surface area contributed by atoms with E-state index in [9.17, 15) is 4.79 Å². The van der Waals surface area contributed by atoms with Gasteiger partial charge in [-0.1, -0.05) is 46.3 Å². The van der Waals surface area contributed by atoms with E-state index in [4.69, 9.17) is 0 Å². The first-order valence-electron chi connectivity index (χ1n) is 5.01. The highest BCUT2D eigenvalue weighted by molar-refractivity contribution is 9.10. The minimum atomic E-state index is -0.153. The molecule has 1 heterocycles. The van der Waals surface area contributed by atoms with Crippen molar-refractivity contribution < 1.29 is 4.79 Å². The molecule has 0 saturated heterocycles. The first-order valence-corrected chi connectivity index (χ1v) is 6.74. The fourth-order valence-electron chi connectivity index (χ4n) is 1.29. The summed E-state index contributed by atoms with van der Waals surface area (Å²) in [4.78, 5) is 15.8. The smallest absolute Gasteiger partial charge is 0.239 e. The number of amides is 1. The van der Waals surface area contributed by atoms with Crippen molar-refractivity contribution in [1.82, 2.24) is 4.98 Å². The Morgan fingerprint density at radius 2 is 2.31 bits per heavy atom. The monoisotopic (exact) mass is 298 g/mol. The summed E-state index contributed by atoms with van der Waals surface area (Å²) in [5.41, 5.74) is 0.922. The van der Waals surface area contributed by atoms with E-state index in [0.717, 1.165) is 16.6 Å². The molecule has 0 spiro atoms. The number of hydrogen-bond donors (Lipinski definition) is 1. The summed E-state index contributed by atoms with van der Waals surface area (Å²) in [6.07, 6.45) is 0.761. The number of hydrogen-bond acceptors (Lipinski definition) is 3.